The van der Waals surface area contributed by atoms with Crippen molar-refractivity contribution in [2.75, 3.05) is 31.1 Å². The van der Waals surface area contributed by atoms with Crippen LogP contribution in [0.1, 0.15) is 5.56 Å². The van der Waals surface area contributed by atoms with E-state index in [1.165, 1.54) is 0 Å². The smallest absolute Gasteiger partial charge is 0.128 e. The summed E-state index contributed by atoms with van der Waals surface area (Å²) in [4.78, 5) is 6.69. The lowest BCUT2D eigenvalue weighted by Gasteiger charge is -2.33. The molecule has 0 N–H and O–H groups in total. The fourth-order valence-corrected chi connectivity index (χ4v) is 2.27. The van der Waals surface area contributed by atoms with E-state index in [0.717, 1.165) is 37.6 Å². The number of hydrogen-bond acceptors (Lipinski definition) is 4. The summed E-state index contributed by atoms with van der Waals surface area (Å²) in [6, 6.07) is 16.2. The molecular formula is C16H18N4. The molecule has 0 saturated carbocycles. The zero-order chi connectivity index (χ0) is 13.6. The summed E-state index contributed by atoms with van der Waals surface area (Å²) >= 11 is 0. The molecule has 0 aliphatic carbocycles. The van der Waals surface area contributed by atoms with Gasteiger partial charge in [-0.25, -0.2) is 4.98 Å². The van der Waals surface area contributed by atoms with Crippen LogP contribution in [0.15, 0.2) is 59.8 Å². The lowest BCUT2D eigenvalue weighted by atomic mass is 10.2. The summed E-state index contributed by atoms with van der Waals surface area (Å²) in [5.74, 6) is 1.05. The number of benzene rings is 1. The quantitative estimate of drug-likeness (QED) is 0.799. The molecule has 1 fully saturated rings. The molecule has 20 heavy (non-hydrogen) atoms. The van der Waals surface area contributed by atoms with Crippen molar-refractivity contribution in [3.63, 3.8) is 0 Å². The molecule has 102 valence electrons. The van der Waals surface area contributed by atoms with Crippen molar-refractivity contribution in [3.05, 3.63) is 60.3 Å². The molecular weight excluding hydrogens is 248 g/mol. The molecule has 1 aromatic heterocycles. The molecule has 1 saturated heterocycles. The van der Waals surface area contributed by atoms with Gasteiger partial charge in [0.2, 0.25) is 0 Å². The van der Waals surface area contributed by atoms with Gasteiger partial charge in [-0.2, -0.15) is 5.10 Å². The van der Waals surface area contributed by atoms with Crippen LogP contribution < -0.4 is 4.90 Å². The average Bonchev–Trinajstić information content (AvgIpc) is 2.55. The highest BCUT2D eigenvalue weighted by Crippen LogP contribution is 2.12. The second-order valence-corrected chi connectivity index (χ2v) is 4.78. The van der Waals surface area contributed by atoms with E-state index in [2.05, 4.69) is 38.2 Å². The molecule has 4 heteroatoms. The van der Waals surface area contributed by atoms with E-state index >= 15 is 0 Å². The predicted octanol–water partition coefficient (Wildman–Crippen LogP) is 2.24. The van der Waals surface area contributed by atoms with Crippen LogP contribution in [0.3, 0.4) is 0 Å². The fourth-order valence-electron chi connectivity index (χ4n) is 2.27. The van der Waals surface area contributed by atoms with Crippen molar-refractivity contribution in [1.29, 1.82) is 0 Å². The van der Waals surface area contributed by atoms with Crippen LogP contribution in [0.25, 0.3) is 0 Å². The van der Waals surface area contributed by atoms with E-state index in [9.17, 15) is 0 Å². The van der Waals surface area contributed by atoms with Crippen LogP contribution in [0.5, 0.6) is 0 Å². The Labute approximate surface area is 119 Å². The molecule has 0 unspecified atom stereocenters. The van der Waals surface area contributed by atoms with E-state index < -0.39 is 0 Å². The van der Waals surface area contributed by atoms with E-state index in [-0.39, 0.29) is 0 Å². The zero-order valence-corrected chi connectivity index (χ0v) is 11.4. The molecule has 2 aromatic rings. The maximum Gasteiger partial charge on any atom is 0.128 e. The summed E-state index contributed by atoms with van der Waals surface area (Å²) in [5.41, 5.74) is 1.14. The highest BCUT2D eigenvalue weighted by atomic mass is 15.5. The number of pyridine rings is 1. The largest absolute Gasteiger partial charge is 0.353 e. The second-order valence-electron chi connectivity index (χ2n) is 4.78. The molecule has 4 nitrogen and oxygen atoms in total. The van der Waals surface area contributed by atoms with Crippen molar-refractivity contribution in [3.8, 4) is 0 Å². The summed E-state index contributed by atoms with van der Waals surface area (Å²) in [5, 5.41) is 6.66. The van der Waals surface area contributed by atoms with Gasteiger partial charge in [0.15, 0.2) is 0 Å². The van der Waals surface area contributed by atoms with Crippen molar-refractivity contribution in [2.45, 2.75) is 0 Å². The van der Waals surface area contributed by atoms with Gasteiger partial charge in [-0.05, 0) is 17.7 Å². The SMILES string of the molecule is C(=NN1CCN(c2ccccn2)CC1)c1ccccc1. The van der Waals surface area contributed by atoms with Gasteiger partial charge in [0.25, 0.3) is 0 Å². The van der Waals surface area contributed by atoms with Crippen LogP contribution in [-0.4, -0.2) is 42.4 Å². The van der Waals surface area contributed by atoms with Crippen LogP contribution in [0.2, 0.25) is 0 Å². The number of nitrogens with zero attached hydrogens (tertiary/aromatic N) is 4. The minimum absolute atomic E-state index is 0.930. The van der Waals surface area contributed by atoms with Gasteiger partial charge in [0, 0.05) is 19.3 Å². The minimum Gasteiger partial charge on any atom is -0.353 e. The number of aromatic nitrogens is 1. The van der Waals surface area contributed by atoms with E-state index in [1.54, 1.807) is 0 Å². The van der Waals surface area contributed by atoms with Crippen LogP contribution >= 0.6 is 0 Å². The summed E-state index contributed by atoms with van der Waals surface area (Å²) in [6.07, 6.45) is 3.77. The monoisotopic (exact) mass is 266 g/mol. The maximum absolute atomic E-state index is 4.54. The standard InChI is InChI=1S/C16H18N4/c1-2-6-15(7-3-1)14-18-20-12-10-19(11-13-20)16-8-4-5-9-17-16/h1-9,14H,10-13H2. The van der Waals surface area contributed by atoms with Crippen LogP contribution in [0, 0.1) is 0 Å². The third-order valence-electron chi connectivity index (χ3n) is 3.40. The normalized spacial score (nSPS) is 15.8. The number of hydrazone groups is 1. The van der Waals surface area contributed by atoms with Gasteiger partial charge in [-0.15, -0.1) is 0 Å². The Morgan fingerprint density at radius 1 is 0.900 bits per heavy atom. The van der Waals surface area contributed by atoms with Gasteiger partial charge in [-0.3, -0.25) is 5.01 Å². The minimum atomic E-state index is 0.930. The predicted molar refractivity (Wildman–Crippen MR) is 82.1 cm³/mol. The fraction of sp³-hybridized carbons (Fsp3) is 0.250. The summed E-state index contributed by atoms with van der Waals surface area (Å²) < 4.78 is 0. The Hall–Kier alpha value is -2.36. The van der Waals surface area contributed by atoms with Gasteiger partial charge < -0.3 is 4.90 Å². The van der Waals surface area contributed by atoms with Crippen molar-refractivity contribution in [1.82, 2.24) is 9.99 Å². The van der Waals surface area contributed by atoms with Gasteiger partial charge in [0.1, 0.15) is 5.82 Å². The second kappa shape index (κ2) is 6.19. The Morgan fingerprint density at radius 3 is 2.35 bits per heavy atom. The van der Waals surface area contributed by atoms with Gasteiger partial charge >= 0.3 is 0 Å². The Balaban J connectivity index is 1.55. The Kier molecular flexibility index (Phi) is 3.92. The topological polar surface area (TPSA) is 31.7 Å². The van der Waals surface area contributed by atoms with Crippen LogP contribution in [-0.2, 0) is 0 Å². The zero-order valence-electron chi connectivity index (χ0n) is 11.4. The van der Waals surface area contributed by atoms with Gasteiger partial charge in [0.05, 0.1) is 19.3 Å². The molecule has 0 amide bonds. The summed E-state index contributed by atoms with van der Waals surface area (Å²) in [6.45, 7) is 3.78. The first-order valence-electron chi connectivity index (χ1n) is 6.92. The Morgan fingerprint density at radius 2 is 1.65 bits per heavy atom. The summed E-state index contributed by atoms with van der Waals surface area (Å²) in [7, 11) is 0. The number of hydrogen-bond donors (Lipinski definition) is 0. The van der Waals surface area contributed by atoms with Crippen molar-refractivity contribution < 1.29 is 0 Å². The molecule has 0 spiro atoms. The number of piperazine rings is 1. The first-order valence-corrected chi connectivity index (χ1v) is 6.92. The molecule has 1 aliphatic rings. The third-order valence-corrected chi connectivity index (χ3v) is 3.40. The van der Waals surface area contributed by atoms with E-state index in [4.69, 9.17) is 0 Å². The third kappa shape index (κ3) is 3.15. The van der Waals surface area contributed by atoms with Crippen molar-refractivity contribution in [2.24, 2.45) is 5.10 Å². The highest BCUT2D eigenvalue weighted by Gasteiger charge is 2.15. The van der Waals surface area contributed by atoms with Gasteiger partial charge in [-0.1, -0.05) is 36.4 Å². The molecule has 3 rings (SSSR count). The van der Waals surface area contributed by atoms with E-state index in [1.807, 2.05) is 42.7 Å². The Bertz CT molecular complexity index is 545. The lowest BCUT2D eigenvalue weighted by Crippen LogP contribution is -2.44. The molecule has 1 aromatic carbocycles. The van der Waals surface area contributed by atoms with Crippen molar-refractivity contribution >= 4 is 12.0 Å². The maximum atomic E-state index is 4.54. The van der Waals surface area contributed by atoms with Crippen LogP contribution in [0.4, 0.5) is 5.82 Å². The molecule has 0 radical (unpaired) electrons. The lowest BCUT2D eigenvalue weighted by molar-refractivity contribution is 0.271. The molecule has 1 aliphatic heterocycles. The number of anilines is 1. The number of rotatable bonds is 3. The average molecular weight is 266 g/mol. The molecule has 0 bridgehead atoms. The highest BCUT2D eigenvalue weighted by molar-refractivity contribution is 5.79. The van der Waals surface area contributed by atoms with E-state index in [0.29, 0.717) is 0 Å². The first kappa shape index (κ1) is 12.7. The first-order chi connectivity index (χ1) is 9.92. The molecule has 2 heterocycles. The molecule has 0 atom stereocenters.